The van der Waals surface area contributed by atoms with Crippen LogP contribution in [0.15, 0.2) is 23.7 Å². The Kier molecular flexibility index (Phi) is 5.58. The summed E-state index contributed by atoms with van der Waals surface area (Å²) in [4.78, 5) is 27.7. The highest BCUT2D eigenvalue weighted by molar-refractivity contribution is 7.98. The highest BCUT2D eigenvalue weighted by Gasteiger charge is 2.19. The summed E-state index contributed by atoms with van der Waals surface area (Å²) in [5, 5.41) is 5.53. The van der Waals surface area contributed by atoms with Gasteiger partial charge in [0.05, 0.1) is 15.7 Å². The van der Waals surface area contributed by atoms with Crippen LogP contribution < -0.4 is 10.6 Å². The van der Waals surface area contributed by atoms with Crippen LogP contribution in [0, 0.1) is 0 Å². The van der Waals surface area contributed by atoms with Gasteiger partial charge in [0.25, 0.3) is 0 Å². The van der Waals surface area contributed by atoms with Crippen molar-refractivity contribution in [2.24, 2.45) is 0 Å². The van der Waals surface area contributed by atoms with E-state index in [0.717, 1.165) is 16.0 Å². The molecule has 0 saturated carbocycles. The lowest BCUT2D eigenvalue weighted by Crippen LogP contribution is -2.43. The maximum absolute atomic E-state index is 12.3. The summed E-state index contributed by atoms with van der Waals surface area (Å²) in [6, 6.07) is 5.10. The van der Waals surface area contributed by atoms with Crippen LogP contribution in [-0.4, -0.2) is 34.8 Å². The first-order chi connectivity index (χ1) is 10.1. The number of aromatic nitrogens is 1. The molecule has 2 aromatic rings. The molecule has 1 atom stereocenters. The van der Waals surface area contributed by atoms with Gasteiger partial charge >= 0.3 is 0 Å². The van der Waals surface area contributed by atoms with Crippen LogP contribution in [0.3, 0.4) is 0 Å². The van der Waals surface area contributed by atoms with Gasteiger partial charge in [-0.25, -0.2) is 4.98 Å². The van der Waals surface area contributed by atoms with E-state index in [1.807, 2.05) is 24.5 Å². The maximum atomic E-state index is 12.3. The fourth-order valence-corrected chi connectivity index (χ4v) is 3.05. The second kappa shape index (κ2) is 7.42. The van der Waals surface area contributed by atoms with Crippen molar-refractivity contribution in [3.8, 4) is 0 Å². The van der Waals surface area contributed by atoms with Gasteiger partial charge < -0.3 is 10.6 Å². The Morgan fingerprint density at radius 1 is 1.43 bits per heavy atom. The molecule has 0 aliphatic carbocycles. The third-order valence-corrected chi connectivity index (χ3v) is 4.36. The van der Waals surface area contributed by atoms with Gasteiger partial charge in [0.2, 0.25) is 11.8 Å². The van der Waals surface area contributed by atoms with Crippen LogP contribution in [0.1, 0.15) is 13.3 Å². The van der Waals surface area contributed by atoms with Gasteiger partial charge in [-0.05, 0) is 36.6 Å². The van der Waals surface area contributed by atoms with E-state index in [0.29, 0.717) is 12.1 Å². The minimum atomic E-state index is -0.513. The predicted molar refractivity (Wildman–Crippen MR) is 88.9 cm³/mol. The Hall–Kier alpha value is -1.60. The highest BCUT2D eigenvalue weighted by atomic mass is 32.2. The average Bonchev–Trinajstić information content (AvgIpc) is 2.90. The molecule has 7 heteroatoms. The van der Waals surface area contributed by atoms with Crippen molar-refractivity contribution in [2.75, 3.05) is 17.3 Å². The number of carbonyl (C=O) groups excluding carboxylic acids is 2. The molecule has 2 amide bonds. The van der Waals surface area contributed by atoms with Crippen molar-refractivity contribution in [3.63, 3.8) is 0 Å². The van der Waals surface area contributed by atoms with Crippen LogP contribution >= 0.6 is 23.1 Å². The second-order valence-electron chi connectivity index (χ2n) is 4.56. The van der Waals surface area contributed by atoms with Crippen molar-refractivity contribution in [3.05, 3.63) is 23.7 Å². The summed E-state index contributed by atoms with van der Waals surface area (Å²) < 4.78 is 1.08. The molecule has 0 bridgehead atoms. The zero-order valence-corrected chi connectivity index (χ0v) is 13.5. The Labute approximate surface area is 131 Å². The van der Waals surface area contributed by atoms with Crippen LogP contribution in [0.2, 0.25) is 0 Å². The van der Waals surface area contributed by atoms with E-state index in [1.54, 1.807) is 28.6 Å². The van der Waals surface area contributed by atoms with Gasteiger partial charge in [-0.1, -0.05) is 0 Å². The molecule has 112 valence electrons. The predicted octanol–water partition coefficient (Wildman–Crippen LogP) is 2.49. The number of anilines is 1. The monoisotopic (exact) mass is 323 g/mol. The Morgan fingerprint density at radius 3 is 2.95 bits per heavy atom. The van der Waals surface area contributed by atoms with E-state index in [9.17, 15) is 9.59 Å². The Morgan fingerprint density at radius 2 is 2.24 bits per heavy atom. The zero-order chi connectivity index (χ0) is 15.2. The first-order valence-corrected chi connectivity index (χ1v) is 8.77. The number of benzene rings is 1. The number of thioether (sulfide) groups is 1. The Balaban J connectivity index is 2.07. The zero-order valence-electron chi connectivity index (χ0n) is 11.9. The van der Waals surface area contributed by atoms with E-state index in [2.05, 4.69) is 15.6 Å². The number of amides is 2. The molecular weight excluding hydrogens is 306 g/mol. The van der Waals surface area contributed by atoms with Crippen LogP contribution in [0.25, 0.3) is 10.2 Å². The molecule has 0 spiro atoms. The molecule has 0 unspecified atom stereocenters. The number of hydrogen-bond donors (Lipinski definition) is 2. The smallest absolute Gasteiger partial charge is 0.246 e. The topological polar surface area (TPSA) is 71.1 Å². The number of fused-ring (bicyclic) bond motifs is 1. The molecule has 1 aromatic heterocycles. The van der Waals surface area contributed by atoms with E-state index in [4.69, 9.17) is 0 Å². The van der Waals surface area contributed by atoms with E-state index in [-0.39, 0.29) is 11.8 Å². The summed E-state index contributed by atoms with van der Waals surface area (Å²) in [6.45, 7) is 1.42. The van der Waals surface area contributed by atoms with Crippen LogP contribution in [0.4, 0.5) is 5.69 Å². The third-order valence-electron chi connectivity index (χ3n) is 2.90. The molecule has 1 heterocycles. The quantitative estimate of drug-likeness (QED) is 0.857. The van der Waals surface area contributed by atoms with Crippen molar-refractivity contribution < 1.29 is 9.59 Å². The molecule has 0 aliphatic rings. The van der Waals surface area contributed by atoms with Crippen molar-refractivity contribution >= 4 is 50.8 Å². The number of hydrogen-bond acceptors (Lipinski definition) is 5. The van der Waals surface area contributed by atoms with Gasteiger partial charge in [0, 0.05) is 12.6 Å². The average molecular weight is 323 g/mol. The lowest BCUT2D eigenvalue weighted by molar-refractivity contribution is -0.125. The summed E-state index contributed by atoms with van der Waals surface area (Å²) in [7, 11) is 0. The minimum Gasteiger partial charge on any atom is -0.345 e. The van der Waals surface area contributed by atoms with Crippen molar-refractivity contribution in [2.45, 2.75) is 19.4 Å². The highest BCUT2D eigenvalue weighted by Crippen LogP contribution is 2.21. The molecular formula is C14H17N3O2S2. The largest absolute Gasteiger partial charge is 0.345 e. The number of rotatable bonds is 6. The van der Waals surface area contributed by atoms with Crippen molar-refractivity contribution in [1.29, 1.82) is 0 Å². The maximum Gasteiger partial charge on any atom is 0.246 e. The molecule has 1 aromatic carbocycles. The van der Waals surface area contributed by atoms with Crippen LogP contribution in [-0.2, 0) is 9.59 Å². The first-order valence-electron chi connectivity index (χ1n) is 6.50. The molecule has 2 N–H and O–H groups in total. The van der Waals surface area contributed by atoms with Crippen LogP contribution in [0.5, 0.6) is 0 Å². The molecule has 0 radical (unpaired) electrons. The number of carbonyl (C=O) groups is 2. The minimum absolute atomic E-state index is 0.200. The summed E-state index contributed by atoms with van der Waals surface area (Å²) in [5.41, 5.74) is 3.32. The van der Waals surface area contributed by atoms with Gasteiger partial charge in [-0.3, -0.25) is 9.59 Å². The van der Waals surface area contributed by atoms with E-state index < -0.39 is 6.04 Å². The molecule has 21 heavy (non-hydrogen) atoms. The molecule has 5 nitrogen and oxygen atoms in total. The SMILES string of the molecule is CSCC[C@H](NC(C)=O)C(=O)Nc1ccc2scnc2c1. The molecule has 2 rings (SSSR count). The van der Waals surface area contributed by atoms with E-state index >= 15 is 0 Å². The lowest BCUT2D eigenvalue weighted by atomic mass is 10.2. The second-order valence-corrected chi connectivity index (χ2v) is 6.43. The fraction of sp³-hybridized carbons (Fsp3) is 0.357. The van der Waals surface area contributed by atoms with Gasteiger partial charge in [-0.2, -0.15) is 11.8 Å². The molecule has 0 fully saturated rings. The van der Waals surface area contributed by atoms with Crippen molar-refractivity contribution in [1.82, 2.24) is 10.3 Å². The van der Waals surface area contributed by atoms with E-state index in [1.165, 1.54) is 6.92 Å². The summed E-state index contributed by atoms with van der Waals surface area (Å²) in [5.74, 6) is 0.406. The number of thiazole rings is 1. The number of nitrogens with zero attached hydrogens (tertiary/aromatic N) is 1. The third kappa shape index (κ3) is 4.44. The fourth-order valence-electron chi connectivity index (χ4n) is 1.91. The molecule has 0 saturated heterocycles. The van der Waals surface area contributed by atoms with Gasteiger partial charge in [0.15, 0.2) is 0 Å². The van der Waals surface area contributed by atoms with Gasteiger partial charge in [0.1, 0.15) is 6.04 Å². The van der Waals surface area contributed by atoms with Gasteiger partial charge in [-0.15, -0.1) is 11.3 Å². The molecule has 0 aliphatic heterocycles. The Bertz CT molecular complexity index is 642. The summed E-state index contributed by atoms with van der Waals surface area (Å²) in [6.07, 6.45) is 2.57. The lowest BCUT2D eigenvalue weighted by Gasteiger charge is -2.17. The normalized spacial score (nSPS) is 12.1. The number of nitrogens with one attached hydrogen (secondary N) is 2. The first kappa shape index (κ1) is 15.8. The summed E-state index contributed by atoms with van der Waals surface area (Å²) >= 11 is 3.20. The standard InChI is InChI=1S/C14H17N3O2S2/c1-9(18)16-11(5-6-20-2)14(19)17-10-3-4-13-12(7-10)15-8-21-13/h3-4,7-8,11H,5-6H2,1-2H3,(H,16,18)(H,17,19)/t11-/m0/s1.